The summed E-state index contributed by atoms with van der Waals surface area (Å²) in [6.45, 7) is 4.35. The third-order valence-electron chi connectivity index (χ3n) is 5.74. The highest BCUT2D eigenvalue weighted by Crippen LogP contribution is 2.36. The second-order valence-electron chi connectivity index (χ2n) is 7.64. The van der Waals surface area contributed by atoms with E-state index < -0.39 is 0 Å². The van der Waals surface area contributed by atoms with Gasteiger partial charge in [0.1, 0.15) is 5.65 Å². The number of aryl methyl sites for hydroxylation is 1. The molecule has 1 amide bonds. The summed E-state index contributed by atoms with van der Waals surface area (Å²) in [7, 11) is 0. The predicted molar refractivity (Wildman–Crippen MR) is 109 cm³/mol. The number of imidazole rings is 1. The van der Waals surface area contributed by atoms with Gasteiger partial charge in [0, 0.05) is 49.3 Å². The van der Waals surface area contributed by atoms with Gasteiger partial charge < -0.3 is 19.3 Å². The SMILES string of the molecule is Cc1c(-c2cc(N3CC(C(=O)N4CC(O)C4)C3)ccc2Cl)nc2ccccn12. The van der Waals surface area contributed by atoms with E-state index in [1.807, 2.05) is 43.5 Å². The lowest BCUT2D eigenvalue weighted by molar-refractivity contribution is -0.146. The Morgan fingerprint density at radius 2 is 1.96 bits per heavy atom. The number of aliphatic hydroxyl groups is 1. The number of aliphatic hydroxyl groups excluding tert-OH is 1. The van der Waals surface area contributed by atoms with E-state index in [0.29, 0.717) is 31.2 Å². The second kappa shape index (κ2) is 6.50. The van der Waals surface area contributed by atoms with E-state index >= 15 is 0 Å². The highest BCUT2D eigenvalue weighted by molar-refractivity contribution is 6.33. The van der Waals surface area contributed by atoms with Crippen LogP contribution in [0.15, 0.2) is 42.6 Å². The fourth-order valence-electron chi connectivity index (χ4n) is 4.00. The molecule has 1 aromatic carbocycles. The standard InChI is InChI=1S/C21H21ClN4O2/c1-13-20(23-19-4-2-3-7-26(13)19)17-8-15(5-6-18(17)22)24-9-14(10-24)21(28)25-11-16(27)12-25/h2-8,14,16,27H,9-12H2,1H3. The summed E-state index contributed by atoms with van der Waals surface area (Å²) in [5.74, 6) is 0.149. The molecule has 0 saturated carbocycles. The Morgan fingerprint density at radius 1 is 1.18 bits per heavy atom. The number of benzene rings is 1. The Kier molecular flexibility index (Phi) is 4.07. The quantitative estimate of drug-likeness (QED) is 0.739. The maximum Gasteiger partial charge on any atom is 0.229 e. The predicted octanol–water partition coefficient (Wildman–Crippen LogP) is 2.60. The molecular weight excluding hydrogens is 376 g/mol. The summed E-state index contributed by atoms with van der Waals surface area (Å²) in [4.78, 5) is 21.0. The largest absolute Gasteiger partial charge is 0.389 e. The molecule has 3 aromatic rings. The van der Waals surface area contributed by atoms with Crippen molar-refractivity contribution in [3.63, 3.8) is 0 Å². The van der Waals surface area contributed by atoms with Crippen molar-refractivity contribution in [2.45, 2.75) is 13.0 Å². The van der Waals surface area contributed by atoms with Crippen LogP contribution >= 0.6 is 11.6 Å². The number of amides is 1. The van der Waals surface area contributed by atoms with E-state index in [9.17, 15) is 9.90 Å². The minimum atomic E-state index is -0.354. The smallest absolute Gasteiger partial charge is 0.229 e. The van der Waals surface area contributed by atoms with Crippen LogP contribution in [-0.4, -0.2) is 57.6 Å². The van der Waals surface area contributed by atoms with Gasteiger partial charge in [0.2, 0.25) is 5.91 Å². The van der Waals surface area contributed by atoms with Crippen LogP contribution in [0, 0.1) is 12.8 Å². The molecule has 0 spiro atoms. The summed E-state index contributed by atoms with van der Waals surface area (Å²) in [5, 5.41) is 10.0. The molecule has 0 radical (unpaired) electrons. The van der Waals surface area contributed by atoms with Gasteiger partial charge in [-0.05, 0) is 37.3 Å². The molecule has 28 heavy (non-hydrogen) atoms. The van der Waals surface area contributed by atoms with Gasteiger partial charge in [-0.15, -0.1) is 0 Å². The molecule has 4 heterocycles. The van der Waals surface area contributed by atoms with Crippen molar-refractivity contribution in [3.05, 3.63) is 53.3 Å². The number of hydrogen-bond acceptors (Lipinski definition) is 4. The van der Waals surface area contributed by atoms with Gasteiger partial charge in [0.05, 0.1) is 22.7 Å². The zero-order valence-corrected chi connectivity index (χ0v) is 16.3. The molecule has 5 rings (SSSR count). The molecule has 0 atom stereocenters. The zero-order valence-electron chi connectivity index (χ0n) is 15.5. The van der Waals surface area contributed by atoms with Crippen molar-refractivity contribution in [2.24, 2.45) is 5.92 Å². The second-order valence-corrected chi connectivity index (χ2v) is 8.04. The zero-order chi connectivity index (χ0) is 19.4. The van der Waals surface area contributed by atoms with Crippen molar-refractivity contribution >= 4 is 28.8 Å². The third kappa shape index (κ3) is 2.75. The monoisotopic (exact) mass is 396 g/mol. The van der Waals surface area contributed by atoms with Crippen LogP contribution in [0.25, 0.3) is 16.9 Å². The van der Waals surface area contributed by atoms with Crippen LogP contribution in [0.2, 0.25) is 5.02 Å². The van der Waals surface area contributed by atoms with Gasteiger partial charge >= 0.3 is 0 Å². The molecule has 0 unspecified atom stereocenters. The summed E-state index contributed by atoms with van der Waals surface area (Å²) >= 11 is 6.50. The first kappa shape index (κ1) is 17.5. The maximum absolute atomic E-state index is 12.4. The number of nitrogens with zero attached hydrogens (tertiary/aromatic N) is 4. The van der Waals surface area contributed by atoms with E-state index in [0.717, 1.165) is 28.3 Å². The van der Waals surface area contributed by atoms with E-state index in [-0.39, 0.29) is 17.9 Å². The molecule has 7 heteroatoms. The van der Waals surface area contributed by atoms with Crippen LogP contribution < -0.4 is 4.90 Å². The molecule has 2 aromatic heterocycles. The van der Waals surface area contributed by atoms with Crippen molar-refractivity contribution in [2.75, 3.05) is 31.1 Å². The van der Waals surface area contributed by atoms with Gasteiger partial charge in [0.15, 0.2) is 0 Å². The number of anilines is 1. The average molecular weight is 397 g/mol. The number of carbonyl (C=O) groups excluding carboxylic acids is 1. The first-order valence-electron chi connectivity index (χ1n) is 9.46. The third-order valence-corrected chi connectivity index (χ3v) is 6.07. The van der Waals surface area contributed by atoms with Crippen molar-refractivity contribution in [1.82, 2.24) is 14.3 Å². The summed E-state index contributed by atoms with van der Waals surface area (Å²) < 4.78 is 2.05. The van der Waals surface area contributed by atoms with Crippen LogP contribution in [0.5, 0.6) is 0 Å². The highest BCUT2D eigenvalue weighted by atomic mass is 35.5. The fraction of sp³-hybridized carbons (Fsp3) is 0.333. The maximum atomic E-state index is 12.4. The van der Waals surface area contributed by atoms with Crippen molar-refractivity contribution < 1.29 is 9.90 Å². The number of carbonyl (C=O) groups is 1. The minimum absolute atomic E-state index is 0.00329. The van der Waals surface area contributed by atoms with E-state index in [1.54, 1.807) is 4.90 Å². The lowest BCUT2D eigenvalue weighted by atomic mass is 9.95. The van der Waals surface area contributed by atoms with E-state index in [4.69, 9.17) is 16.6 Å². The summed E-state index contributed by atoms with van der Waals surface area (Å²) in [6.07, 6.45) is 1.64. The number of halogens is 1. The molecule has 2 fully saturated rings. The molecule has 0 aliphatic carbocycles. The molecule has 2 aliphatic rings. The molecule has 1 N–H and O–H groups in total. The molecular formula is C21H21ClN4O2. The van der Waals surface area contributed by atoms with E-state index in [1.165, 1.54) is 0 Å². The van der Waals surface area contributed by atoms with Crippen molar-refractivity contribution in [1.29, 1.82) is 0 Å². The number of β-amino-alcohol motifs (C(OH)–C–C–N with tert-alkyl or cyclic N) is 1. The number of rotatable bonds is 3. The molecule has 6 nitrogen and oxygen atoms in total. The normalized spacial score (nSPS) is 17.7. The van der Waals surface area contributed by atoms with Gasteiger partial charge in [-0.3, -0.25) is 4.79 Å². The van der Waals surface area contributed by atoms with Crippen LogP contribution in [0.3, 0.4) is 0 Å². The van der Waals surface area contributed by atoms with Gasteiger partial charge in [-0.2, -0.15) is 0 Å². The molecule has 2 aliphatic heterocycles. The number of hydrogen-bond donors (Lipinski definition) is 1. The summed E-state index contributed by atoms with van der Waals surface area (Å²) in [6, 6.07) is 11.9. The number of pyridine rings is 1. The van der Waals surface area contributed by atoms with Gasteiger partial charge in [-0.25, -0.2) is 4.98 Å². The molecule has 2 saturated heterocycles. The molecule has 144 valence electrons. The van der Waals surface area contributed by atoms with Gasteiger partial charge in [0.25, 0.3) is 0 Å². The first-order valence-corrected chi connectivity index (χ1v) is 9.84. The lowest BCUT2D eigenvalue weighted by Gasteiger charge is -2.45. The van der Waals surface area contributed by atoms with Crippen LogP contribution in [0.4, 0.5) is 5.69 Å². The fourth-order valence-corrected chi connectivity index (χ4v) is 4.21. The Morgan fingerprint density at radius 3 is 2.68 bits per heavy atom. The Balaban J connectivity index is 1.38. The van der Waals surface area contributed by atoms with Gasteiger partial charge in [-0.1, -0.05) is 17.7 Å². The first-order chi connectivity index (χ1) is 13.5. The number of likely N-dealkylation sites (tertiary alicyclic amines) is 1. The Labute approximate surface area is 168 Å². The molecule has 0 bridgehead atoms. The lowest BCUT2D eigenvalue weighted by Crippen LogP contribution is -2.61. The van der Waals surface area contributed by atoms with Crippen molar-refractivity contribution in [3.8, 4) is 11.3 Å². The Hall–Kier alpha value is -2.57. The Bertz CT molecular complexity index is 1070. The van der Waals surface area contributed by atoms with E-state index in [2.05, 4.69) is 15.4 Å². The highest BCUT2D eigenvalue weighted by Gasteiger charge is 2.39. The number of aromatic nitrogens is 2. The average Bonchev–Trinajstić information content (AvgIpc) is 2.96. The van der Waals surface area contributed by atoms with Crippen LogP contribution in [0.1, 0.15) is 5.69 Å². The summed E-state index contributed by atoms with van der Waals surface area (Å²) in [5.41, 5.74) is 4.76. The van der Waals surface area contributed by atoms with Crippen LogP contribution in [-0.2, 0) is 4.79 Å². The number of fused-ring (bicyclic) bond motifs is 1. The minimum Gasteiger partial charge on any atom is -0.389 e. The topological polar surface area (TPSA) is 61.1 Å².